The van der Waals surface area contributed by atoms with Gasteiger partial charge in [-0.15, -0.1) is 0 Å². The fraction of sp³-hybridized carbons (Fsp3) is 0.400. The van der Waals surface area contributed by atoms with Crippen LogP contribution in [-0.2, 0) is 17.8 Å². The van der Waals surface area contributed by atoms with Gasteiger partial charge in [-0.25, -0.2) is 4.79 Å². The van der Waals surface area contributed by atoms with Crippen molar-refractivity contribution in [3.63, 3.8) is 0 Å². The molecule has 2 aromatic rings. The maximum absolute atomic E-state index is 11.5. The number of rotatable bonds is 8. The van der Waals surface area contributed by atoms with E-state index in [0.29, 0.717) is 12.3 Å². The first kappa shape index (κ1) is 18.4. The Kier molecular flexibility index (Phi) is 6.20. The van der Waals surface area contributed by atoms with Gasteiger partial charge in [0, 0.05) is 38.6 Å². The van der Waals surface area contributed by atoms with E-state index in [1.807, 2.05) is 18.2 Å². The Morgan fingerprint density at radius 2 is 2.04 bits per heavy atom. The molecule has 1 aliphatic heterocycles. The molecule has 0 spiro atoms. The molecule has 1 aromatic heterocycles. The lowest BCUT2D eigenvalue weighted by Crippen LogP contribution is -2.31. The second-order valence-electron chi connectivity index (χ2n) is 6.50. The number of carbonyl (C=O) groups is 1. The van der Waals surface area contributed by atoms with Crippen molar-refractivity contribution in [2.24, 2.45) is 0 Å². The highest BCUT2D eigenvalue weighted by Gasteiger charge is 2.20. The molecule has 6 nitrogen and oxygen atoms in total. The highest BCUT2D eigenvalue weighted by molar-refractivity contribution is 5.91. The molecule has 0 bridgehead atoms. The van der Waals surface area contributed by atoms with Gasteiger partial charge in [-0.2, -0.15) is 0 Å². The molecule has 2 heterocycles. The lowest BCUT2D eigenvalue weighted by Gasteiger charge is -2.25. The van der Waals surface area contributed by atoms with E-state index in [4.69, 9.17) is 9.47 Å². The summed E-state index contributed by atoms with van der Waals surface area (Å²) in [4.78, 5) is 17.8. The minimum absolute atomic E-state index is 0.186. The van der Waals surface area contributed by atoms with E-state index in [1.54, 1.807) is 24.5 Å². The van der Waals surface area contributed by atoms with Gasteiger partial charge in [0.1, 0.15) is 11.3 Å². The zero-order valence-corrected chi connectivity index (χ0v) is 14.9. The van der Waals surface area contributed by atoms with E-state index in [-0.39, 0.29) is 11.7 Å². The molecule has 0 amide bonds. The summed E-state index contributed by atoms with van der Waals surface area (Å²) in [5.74, 6) is -0.607. The Bertz CT molecular complexity index is 730. The van der Waals surface area contributed by atoms with Crippen molar-refractivity contribution >= 4 is 5.97 Å². The number of ether oxygens (including phenoxy) is 2. The Balaban J connectivity index is 1.77. The second kappa shape index (κ2) is 8.78. The first-order valence-corrected chi connectivity index (χ1v) is 8.79. The molecule has 1 saturated heterocycles. The largest absolute Gasteiger partial charge is 0.496 e. The third-order valence-electron chi connectivity index (χ3n) is 4.54. The number of methoxy groups -OCH3 is 1. The first-order chi connectivity index (χ1) is 12.7. The zero-order valence-electron chi connectivity index (χ0n) is 14.9. The number of benzene rings is 1. The summed E-state index contributed by atoms with van der Waals surface area (Å²) in [5.41, 5.74) is 2.30. The summed E-state index contributed by atoms with van der Waals surface area (Å²) in [6.07, 6.45) is 5.97. The van der Waals surface area contributed by atoms with Crippen molar-refractivity contribution < 1.29 is 19.4 Å². The number of aromatic nitrogens is 1. The van der Waals surface area contributed by atoms with Crippen LogP contribution in [-0.4, -0.2) is 47.3 Å². The number of hydrogen-bond donors (Lipinski definition) is 1. The fourth-order valence-electron chi connectivity index (χ4n) is 3.29. The van der Waals surface area contributed by atoms with Gasteiger partial charge >= 0.3 is 5.97 Å². The first-order valence-electron chi connectivity index (χ1n) is 8.79. The Hall–Kier alpha value is -2.44. The maximum atomic E-state index is 11.5. The summed E-state index contributed by atoms with van der Waals surface area (Å²) >= 11 is 0. The molecule has 138 valence electrons. The van der Waals surface area contributed by atoms with Crippen LogP contribution in [0.25, 0.3) is 0 Å². The normalized spacial score (nSPS) is 16.8. The van der Waals surface area contributed by atoms with Gasteiger partial charge in [0.25, 0.3) is 0 Å². The fourth-order valence-corrected chi connectivity index (χ4v) is 3.29. The van der Waals surface area contributed by atoms with Crippen LogP contribution in [0.1, 0.15) is 34.3 Å². The van der Waals surface area contributed by atoms with Gasteiger partial charge in [0.15, 0.2) is 0 Å². The summed E-state index contributed by atoms with van der Waals surface area (Å²) in [6, 6.07) is 9.32. The van der Waals surface area contributed by atoms with Gasteiger partial charge < -0.3 is 14.6 Å². The van der Waals surface area contributed by atoms with E-state index in [2.05, 4.69) is 9.88 Å². The quantitative estimate of drug-likeness (QED) is 0.784. The third-order valence-corrected chi connectivity index (χ3v) is 4.54. The molecule has 3 rings (SSSR count). The average Bonchev–Trinajstić information content (AvgIpc) is 3.15. The SMILES string of the molecule is COc1ccc(CN(Cc2ccncc2)C[C@@H]2CCCO2)cc1C(=O)O. The minimum atomic E-state index is -0.983. The van der Waals surface area contributed by atoms with E-state index in [9.17, 15) is 9.90 Å². The lowest BCUT2D eigenvalue weighted by molar-refractivity contribution is 0.0671. The standard InChI is InChI=1S/C20H24N2O4/c1-25-19-5-4-16(11-18(19)20(23)24)13-22(14-17-3-2-10-26-17)12-15-6-8-21-9-7-15/h4-9,11,17H,2-3,10,12-14H2,1H3,(H,23,24)/t17-/m0/s1. The van der Waals surface area contributed by atoms with Crippen molar-refractivity contribution in [1.29, 1.82) is 0 Å². The van der Waals surface area contributed by atoms with Gasteiger partial charge in [-0.3, -0.25) is 9.88 Å². The molecular weight excluding hydrogens is 332 g/mol. The van der Waals surface area contributed by atoms with Crippen LogP contribution in [0.2, 0.25) is 0 Å². The van der Waals surface area contributed by atoms with E-state index < -0.39 is 5.97 Å². The van der Waals surface area contributed by atoms with Crippen LogP contribution in [0.4, 0.5) is 0 Å². The molecule has 0 aliphatic carbocycles. The van der Waals surface area contributed by atoms with Gasteiger partial charge in [0.05, 0.1) is 13.2 Å². The Morgan fingerprint density at radius 1 is 1.27 bits per heavy atom. The van der Waals surface area contributed by atoms with Crippen molar-refractivity contribution in [2.75, 3.05) is 20.3 Å². The van der Waals surface area contributed by atoms with Crippen LogP contribution in [0.3, 0.4) is 0 Å². The molecule has 1 atom stereocenters. The monoisotopic (exact) mass is 356 g/mol. The third kappa shape index (κ3) is 4.80. The maximum Gasteiger partial charge on any atom is 0.339 e. The smallest absolute Gasteiger partial charge is 0.339 e. The van der Waals surface area contributed by atoms with Gasteiger partial charge in [-0.05, 0) is 48.2 Å². The van der Waals surface area contributed by atoms with E-state index in [0.717, 1.165) is 38.1 Å². The van der Waals surface area contributed by atoms with Crippen molar-refractivity contribution in [3.8, 4) is 5.75 Å². The molecule has 1 aliphatic rings. The molecule has 26 heavy (non-hydrogen) atoms. The van der Waals surface area contributed by atoms with Crippen LogP contribution in [0, 0.1) is 0 Å². The van der Waals surface area contributed by atoms with Crippen LogP contribution < -0.4 is 4.74 Å². The average molecular weight is 356 g/mol. The predicted octanol–water partition coefficient (Wildman–Crippen LogP) is 2.97. The number of carboxylic acid groups (broad SMARTS) is 1. The van der Waals surface area contributed by atoms with Gasteiger partial charge in [-0.1, -0.05) is 6.07 Å². The second-order valence-corrected chi connectivity index (χ2v) is 6.50. The number of aromatic carboxylic acids is 1. The molecule has 0 radical (unpaired) electrons. The van der Waals surface area contributed by atoms with Crippen molar-refractivity contribution in [1.82, 2.24) is 9.88 Å². The van der Waals surface area contributed by atoms with Gasteiger partial charge in [0.2, 0.25) is 0 Å². The number of nitrogens with zero attached hydrogens (tertiary/aromatic N) is 2. The van der Waals surface area contributed by atoms with E-state index >= 15 is 0 Å². The molecule has 0 unspecified atom stereocenters. The molecule has 1 fully saturated rings. The molecule has 0 saturated carbocycles. The highest BCUT2D eigenvalue weighted by Crippen LogP contribution is 2.22. The topological polar surface area (TPSA) is 71.9 Å². The van der Waals surface area contributed by atoms with Crippen molar-refractivity contribution in [2.45, 2.75) is 32.0 Å². The predicted molar refractivity (Wildman–Crippen MR) is 97.3 cm³/mol. The minimum Gasteiger partial charge on any atom is -0.496 e. The lowest BCUT2D eigenvalue weighted by atomic mass is 10.1. The Labute approximate surface area is 153 Å². The van der Waals surface area contributed by atoms with Crippen LogP contribution in [0.5, 0.6) is 5.75 Å². The number of carboxylic acids is 1. The zero-order chi connectivity index (χ0) is 18.4. The molecule has 6 heteroatoms. The molecule has 1 N–H and O–H groups in total. The van der Waals surface area contributed by atoms with Crippen LogP contribution >= 0.6 is 0 Å². The number of hydrogen-bond acceptors (Lipinski definition) is 5. The van der Waals surface area contributed by atoms with Crippen molar-refractivity contribution in [3.05, 3.63) is 59.4 Å². The number of pyridine rings is 1. The summed E-state index contributed by atoms with van der Waals surface area (Å²) in [7, 11) is 1.48. The Morgan fingerprint density at radius 3 is 2.69 bits per heavy atom. The summed E-state index contributed by atoms with van der Waals surface area (Å²) in [6.45, 7) is 3.04. The van der Waals surface area contributed by atoms with Crippen LogP contribution in [0.15, 0.2) is 42.7 Å². The summed E-state index contributed by atoms with van der Waals surface area (Å²) < 4.78 is 10.9. The highest BCUT2D eigenvalue weighted by atomic mass is 16.5. The van der Waals surface area contributed by atoms with E-state index in [1.165, 1.54) is 12.7 Å². The summed E-state index contributed by atoms with van der Waals surface area (Å²) in [5, 5.41) is 9.40. The molecule has 1 aromatic carbocycles. The molecular formula is C20H24N2O4.